The molecule has 0 saturated carbocycles. The summed E-state index contributed by atoms with van der Waals surface area (Å²) in [6, 6.07) is 0. The topological polar surface area (TPSA) is 46.6 Å². The maximum Gasteiger partial charge on any atom is 0.235 e. The van der Waals surface area contributed by atoms with E-state index in [9.17, 15) is 9.59 Å². The third-order valence-corrected chi connectivity index (χ3v) is 3.50. The van der Waals surface area contributed by atoms with Crippen LogP contribution in [0.15, 0.2) is 0 Å². The van der Waals surface area contributed by atoms with E-state index in [0.717, 1.165) is 12.8 Å². The number of fused-ring (bicyclic) bond motifs is 5. The summed E-state index contributed by atoms with van der Waals surface area (Å²) < 4.78 is 5.56. The second-order valence-electron chi connectivity index (χ2n) is 4.08. The van der Waals surface area contributed by atoms with Gasteiger partial charge in [-0.05, 0) is 12.8 Å². The summed E-state index contributed by atoms with van der Waals surface area (Å²) in [5.41, 5.74) is 0. The number of carbonyl (C=O) groups excluding carboxylic acids is 2. The lowest BCUT2D eigenvalue weighted by Crippen LogP contribution is -2.30. The van der Waals surface area contributed by atoms with Gasteiger partial charge < -0.3 is 4.74 Å². The van der Waals surface area contributed by atoms with Gasteiger partial charge >= 0.3 is 0 Å². The van der Waals surface area contributed by atoms with Crippen LogP contribution >= 0.6 is 0 Å². The Bertz CT molecular complexity index is 273. The predicted octanol–water partition coefficient (Wildman–Crippen LogP) is -0.221. The third kappa shape index (κ3) is 0.705. The lowest BCUT2D eigenvalue weighted by molar-refractivity contribution is -0.140. The molecule has 3 rings (SSSR count). The van der Waals surface area contributed by atoms with Crippen LogP contribution in [0.2, 0.25) is 0 Å². The molecule has 3 fully saturated rings. The number of imide groups is 1. The molecule has 0 spiro atoms. The summed E-state index contributed by atoms with van der Waals surface area (Å²) >= 11 is 0. The summed E-state index contributed by atoms with van der Waals surface area (Å²) in [6.45, 7) is 0. The standard InChI is InChI=1S/C9H11NO3/c1-10-8(11)6-4-2-3-5(13-4)7(6)9(10)12/h4-7H,2-3H2,1H3/t4?,5?,6-,7+. The number of amides is 2. The number of ether oxygens (including phenoxy) is 1. The van der Waals surface area contributed by atoms with Gasteiger partial charge in [-0.15, -0.1) is 0 Å². The van der Waals surface area contributed by atoms with E-state index in [4.69, 9.17) is 4.74 Å². The van der Waals surface area contributed by atoms with E-state index in [1.54, 1.807) is 7.05 Å². The van der Waals surface area contributed by atoms with Gasteiger partial charge in [0.25, 0.3) is 0 Å². The van der Waals surface area contributed by atoms with Gasteiger partial charge in [0.05, 0.1) is 24.0 Å². The summed E-state index contributed by atoms with van der Waals surface area (Å²) in [4.78, 5) is 24.5. The lowest BCUT2D eigenvalue weighted by atomic mass is 9.81. The first-order valence-electron chi connectivity index (χ1n) is 4.67. The fraction of sp³-hybridized carbons (Fsp3) is 0.778. The van der Waals surface area contributed by atoms with Crippen LogP contribution in [0.4, 0.5) is 0 Å². The molecule has 0 radical (unpaired) electrons. The molecule has 2 unspecified atom stereocenters. The molecule has 3 heterocycles. The van der Waals surface area contributed by atoms with Gasteiger partial charge in [-0.25, -0.2) is 0 Å². The molecule has 4 atom stereocenters. The number of rotatable bonds is 0. The summed E-state index contributed by atoms with van der Waals surface area (Å²) in [7, 11) is 1.57. The Morgan fingerprint density at radius 3 is 2.08 bits per heavy atom. The number of likely N-dealkylation sites (tertiary alicyclic amines) is 1. The van der Waals surface area contributed by atoms with Crippen LogP contribution in [-0.4, -0.2) is 36.0 Å². The molecule has 70 valence electrons. The van der Waals surface area contributed by atoms with Gasteiger partial charge in [-0.3, -0.25) is 14.5 Å². The highest BCUT2D eigenvalue weighted by Crippen LogP contribution is 2.47. The van der Waals surface area contributed by atoms with Crippen LogP contribution in [0.1, 0.15) is 12.8 Å². The third-order valence-electron chi connectivity index (χ3n) is 3.50. The molecule has 3 saturated heterocycles. The number of nitrogens with zero attached hydrogens (tertiary/aromatic N) is 1. The molecule has 0 aromatic rings. The van der Waals surface area contributed by atoms with Crippen LogP contribution in [0, 0.1) is 11.8 Å². The van der Waals surface area contributed by atoms with Crippen molar-refractivity contribution in [3.63, 3.8) is 0 Å². The van der Waals surface area contributed by atoms with Gasteiger partial charge in [0, 0.05) is 7.05 Å². The second-order valence-corrected chi connectivity index (χ2v) is 4.08. The number of carbonyl (C=O) groups is 2. The first kappa shape index (κ1) is 7.50. The second kappa shape index (κ2) is 2.12. The van der Waals surface area contributed by atoms with E-state index in [2.05, 4.69) is 0 Å². The SMILES string of the molecule is CN1C(=O)[C@@H]2C3CCC(O3)[C@@H]2C1=O. The molecule has 0 aliphatic carbocycles. The normalized spacial score (nSPS) is 47.6. The Balaban J connectivity index is 2.03. The Morgan fingerprint density at radius 2 is 1.62 bits per heavy atom. The minimum atomic E-state index is -0.156. The van der Waals surface area contributed by atoms with Crippen LogP contribution in [-0.2, 0) is 14.3 Å². The minimum absolute atomic E-state index is 0.0244. The van der Waals surface area contributed by atoms with Gasteiger partial charge in [-0.2, -0.15) is 0 Å². The molecule has 2 bridgehead atoms. The average molecular weight is 181 g/mol. The molecule has 4 heteroatoms. The fourth-order valence-electron chi connectivity index (χ4n) is 2.86. The summed E-state index contributed by atoms with van der Waals surface area (Å²) in [5.74, 6) is -0.392. The monoisotopic (exact) mass is 181 g/mol. The van der Waals surface area contributed by atoms with Crippen LogP contribution in [0.3, 0.4) is 0 Å². The Hall–Kier alpha value is -0.900. The average Bonchev–Trinajstić information content (AvgIpc) is 2.76. The van der Waals surface area contributed by atoms with Gasteiger partial charge in [0.2, 0.25) is 11.8 Å². The Morgan fingerprint density at radius 1 is 1.15 bits per heavy atom. The van der Waals surface area contributed by atoms with E-state index in [-0.39, 0.29) is 35.9 Å². The number of hydrogen-bond acceptors (Lipinski definition) is 3. The van der Waals surface area contributed by atoms with Crippen LogP contribution in [0.5, 0.6) is 0 Å². The van der Waals surface area contributed by atoms with Crippen LogP contribution < -0.4 is 0 Å². The Labute approximate surface area is 75.8 Å². The molecule has 0 aromatic carbocycles. The zero-order chi connectivity index (χ0) is 9.16. The van der Waals surface area contributed by atoms with Crippen molar-refractivity contribution in [2.24, 2.45) is 11.8 Å². The smallest absolute Gasteiger partial charge is 0.235 e. The maximum absolute atomic E-state index is 11.6. The first-order valence-corrected chi connectivity index (χ1v) is 4.67. The summed E-state index contributed by atoms with van der Waals surface area (Å²) in [6.07, 6.45) is 1.94. The minimum Gasteiger partial charge on any atom is -0.373 e. The molecule has 2 amide bonds. The van der Waals surface area contributed by atoms with E-state index < -0.39 is 0 Å². The highest BCUT2D eigenvalue weighted by Gasteiger charge is 2.61. The highest BCUT2D eigenvalue weighted by molar-refractivity contribution is 6.06. The fourth-order valence-corrected chi connectivity index (χ4v) is 2.86. The van der Waals surface area contributed by atoms with Crippen molar-refractivity contribution >= 4 is 11.8 Å². The molecular formula is C9H11NO3. The van der Waals surface area contributed by atoms with Crippen molar-refractivity contribution in [1.29, 1.82) is 0 Å². The molecule has 13 heavy (non-hydrogen) atoms. The van der Waals surface area contributed by atoms with E-state index in [1.807, 2.05) is 0 Å². The zero-order valence-electron chi connectivity index (χ0n) is 7.40. The zero-order valence-corrected chi connectivity index (χ0v) is 7.40. The van der Waals surface area contributed by atoms with E-state index >= 15 is 0 Å². The van der Waals surface area contributed by atoms with Crippen molar-refractivity contribution < 1.29 is 14.3 Å². The van der Waals surface area contributed by atoms with Crippen molar-refractivity contribution in [1.82, 2.24) is 4.90 Å². The predicted molar refractivity (Wildman–Crippen MR) is 42.7 cm³/mol. The lowest BCUT2D eigenvalue weighted by Gasteiger charge is -2.15. The van der Waals surface area contributed by atoms with Crippen molar-refractivity contribution in [3.05, 3.63) is 0 Å². The quantitative estimate of drug-likeness (QED) is 0.485. The molecule has 0 aromatic heterocycles. The van der Waals surface area contributed by atoms with E-state index in [1.165, 1.54) is 4.90 Å². The Kier molecular flexibility index (Phi) is 1.22. The maximum atomic E-state index is 11.6. The van der Waals surface area contributed by atoms with Crippen molar-refractivity contribution in [2.75, 3.05) is 7.05 Å². The first-order chi connectivity index (χ1) is 6.20. The highest BCUT2D eigenvalue weighted by atomic mass is 16.5. The number of hydrogen-bond donors (Lipinski definition) is 0. The molecule has 4 nitrogen and oxygen atoms in total. The molecule has 0 N–H and O–H groups in total. The molecule has 3 aliphatic heterocycles. The van der Waals surface area contributed by atoms with Crippen molar-refractivity contribution in [2.45, 2.75) is 25.0 Å². The van der Waals surface area contributed by atoms with Crippen LogP contribution in [0.25, 0.3) is 0 Å². The van der Waals surface area contributed by atoms with Gasteiger partial charge in [0.15, 0.2) is 0 Å². The van der Waals surface area contributed by atoms with Crippen molar-refractivity contribution in [3.8, 4) is 0 Å². The largest absolute Gasteiger partial charge is 0.373 e. The molecular weight excluding hydrogens is 170 g/mol. The summed E-state index contributed by atoms with van der Waals surface area (Å²) in [5, 5.41) is 0. The molecule has 3 aliphatic rings. The van der Waals surface area contributed by atoms with Gasteiger partial charge in [-0.1, -0.05) is 0 Å². The van der Waals surface area contributed by atoms with Gasteiger partial charge in [0.1, 0.15) is 0 Å². The van der Waals surface area contributed by atoms with E-state index in [0.29, 0.717) is 0 Å².